The number of nitrogen functional groups attached to an aromatic ring is 2. The molecule has 9 nitrogen and oxygen atoms in total. The second-order valence-corrected chi connectivity index (χ2v) is 8.80. The van der Waals surface area contributed by atoms with Gasteiger partial charge in [-0.1, -0.05) is 11.8 Å². The molecule has 1 aromatic heterocycles. The van der Waals surface area contributed by atoms with Gasteiger partial charge in [0.15, 0.2) is 0 Å². The van der Waals surface area contributed by atoms with E-state index in [1.54, 1.807) is 0 Å². The lowest BCUT2D eigenvalue weighted by atomic mass is 10.2. The quantitative estimate of drug-likeness (QED) is 0.410. The van der Waals surface area contributed by atoms with Crippen molar-refractivity contribution in [1.29, 1.82) is 0 Å². The van der Waals surface area contributed by atoms with E-state index in [1.807, 2.05) is 78.9 Å². The standard InChI is InChI=1S/C16H24N4O2S.C5H9N3/c1-19(11-15(21)18-14-7-10-23-16(14)22)8-9-20(2)13-5-3-12(17)4-6-13;1-7-3-4-8(2)5(7)6/h3-6,14H,7-11,17H2,1-2H3,(H,18,21);3-4,6H,1-2H3/p+1. The molecule has 31 heavy (non-hydrogen) atoms. The fourth-order valence-corrected chi connectivity index (χ4v) is 3.90. The molecule has 1 aliphatic rings. The Morgan fingerprint density at radius 1 is 1.26 bits per heavy atom. The maximum atomic E-state index is 12.0. The number of nitrogens with zero attached hydrogens (tertiary/aromatic N) is 4. The summed E-state index contributed by atoms with van der Waals surface area (Å²) in [4.78, 5) is 27.5. The molecule has 10 heteroatoms. The number of likely N-dealkylation sites (N-methyl/N-ethyl adjacent to an activating group) is 2. The Kier molecular flexibility index (Phi) is 9.20. The van der Waals surface area contributed by atoms with Crippen LogP contribution in [0.15, 0.2) is 36.7 Å². The minimum atomic E-state index is -0.307. The molecule has 0 radical (unpaired) electrons. The summed E-state index contributed by atoms with van der Waals surface area (Å²) in [5, 5.41) is 2.88. The molecule has 0 saturated carbocycles. The molecule has 0 bridgehead atoms. The first-order valence-electron chi connectivity index (χ1n) is 10.1. The number of amides is 1. The van der Waals surface area contributed by atoms with Crippen molar-refractivity contribution in [2.24, 2.45) is 14.1 Å². The minimum Gasteiger partial charge on any atom is -0.399 e. The second-order valence-electron chi connectivity index (χ2n) is 7.71. The Balaban J connectivity index is 0.000000357. The van der Waals surface area contributed by atoms with Gasteiger partial charge in [-0.05, 0) is 37.7 Å². The molecule has 1 amide bonds. The van der Waals surface area contributed by atoms with E-state index in [-0.39, 0.29) is 17.1 Å². The van der Waals surface area contributed by atoms with E-state index in [0.29, 0.717) is 6.54 Å². The molecule has 1 unspecified atom stereocenters. The maximum Gasteiger partial charge on any atom is 0.354 e. The highest BCUT2D eigenvalue weighted by molar-refractivity contribution is 8.14. The van der Waals surface area contributed by atoms with Crippen LogP contribution in [0, 0.1) is 0 Å². The number of benzene rings is 1. The summed E-state index contributed by atoms with van der Waals surface area (Å²) in [7, 11) is 7.74. The Morgan fingerprint density at radius 3 is 2.42 bits per heavy atom. The molecule has 1 aromatic carbocycles. The molecule has 1 atom stereocenters. The zero-order valence-electron chi connectivity index (χ0n) is 18.7. The van der Waals surface area contributed by atoms with Crippen molar-refractivity contribution in [1.82, 2.24) is 14.8 Å². The monoisotopic (exact) mass is 448 g/mol. The zero-order chi connectivity index (χ0) is 23.0. The molecule has 1 fully saturated rings. The van der Waals surface area contributed by atoms with Gasteiger partial charge in [-0.15, -0.1) is 0 Å². The number of carbonyl (C=O) groups excluding carboxylic acids is 2. The third kappa shape index (κ3) is 7.80. The van der Waals surface area contributed by atoms with E-state index in [1.165, 1.54) is 11.8 Å². The predicted octanol–water partition coefficient (Wildman–Crippen LogP) is 0.217. The van der Waals surface area contributed by atoms with Gasteiger partial charge in [-0.3, -0.25) is 20.2 Å². The average molecular weight is 449 g/mol. The first kappa shape index (κ1) is 24.5. The van der Waals surface area contributed by atoms with Gasteiger partial charge in [-0.2, -0.15) is 0 Å². The summed E-state index contributed by atoms with van der Waals surface area (Å²) in [5.41, 5.74) is 13.0. The number of thioether (sulfide) groups is 1. The first-order chi connectivity index (χ1) is 14.7. The van der Waals surface area contributed by atoms with E-state index in [0.717, 1.165) is 42.6 Å². The van der Waals surface area contributed by atoms with Crippen LogP contribution in [0.25, 0.3) is 0 Å². The summed E-state index contributed by atoms with van der Waals surface area (Å²) >= 11 is 1.30. The number of rotatable bonds is 7. The van der Waals surface area contributed by atoms with E-state index in [9.17, 15) is 9.59 Å². The van der Waals surface area contributed by atoms with Gasteiger partial charge in [0, 0.05) is 37.3 Å². The van der Waals surface area contributed by atoms with Crippen LogP contribution < -0.4 is 26.3 Å². The highest BCUT2D eigenvalue weighted by Gasteiger charge is 2.26. The number of anilines is 3. The molecule has 3 rings (SSSR count). The lowest BCUT2D eigenvalue weighted by Crippen LogP contribution is -2.43. The van der Waals surface area contributed by atoms with E-state index < -0.39 is 0 Å². The Labute approximate surface area is 188 Å². The van der Waals surface area contributed by atoms with E-state index in [2.05, 4.69) is 10.2 Å². The number of hydrogen-bond acceptors (Lipinski definition) is 7. The second kappa shape index (κ2) is 11.6. The number of carbonyl (C=O) groups is 2. The van der Waals surface area contributed by atoms with Crippen LogP contribution in [-0.4, -0.2) is 66.0 Å². The van der Waals surface area contributed by atoms with Gasteiger partial charge in [0.1, 0.15) is 0 Å². The summed E-state index contributed by atoms with van der Waals surface area (Å²) in [6.07, 6.45) is 4.56. The fourth-order valence-electron chi connectivity index (χ4n) is 2.97. The van der Waals surface area contributed by atoms with Crippen molar-refractivity contribution >= 4 is 40.1 Å². The Hall–Kier alpha value is -2.72. The predicted molar refractivity (Wildman–Crippen MR) is 127 cm³/mol. The molecule has 1 aliphatic heterocycles. The molecule has 2 heterocycles. The Morgan fingerprint density at radius 2 is 1.94 bits per heavy atom. The minimum absolute atomic E-state index is 0.0732. The largest absolute Gasteiger partial charge is 0.399 e. The van der Waals surface area contributed by atoms with Gasteiger partial charge in [0.2, 0.25) is 11.0 Å². The van der Waals surface area contributed by atoms with E-state index >= 15 is 0 Å². The van der Waals surface area contributed by atoms with Gasteiger partial charge in [-0.25, -0.2) is 9.13 Å². The molecule has 2 aromatic rings. The smallest absolute Gasteiger partial charge is 0.354 e. The number of imidazole rings is 1. The average Bonchev–Trinajstić information content (AvgIpc) is 3.26. The maximum absolute atomic E-state index is 12.0. The molecular formula is C21H34N7O2S+. The highest BCUT2D eigenvalue weighted by atomic mass is 32.2. The van der Waals surface area contributed by atoms with Crippen LogP contribution in [0.1, 0.15) is 6.42 Å². The molecule has 0 spiro atoms. The normalized spacial score (nSPS) is 15.5. The van der Waals surface area contributed by atoms with Gasteiger partial charge in [0.25, 0.3) is 0 Å². The molecule has 1 saturated heterocycles. The molecule has 5 N–H and O–H groups in total. The van der Waals surface area contributed by atoms with E-state index in [4.69, 9.17) is 11.5 Å². The number of aryl methyl sites for hydroxylation is 2. The SMILES string of the molecule is CN(CCN(C)c1ccc(N)cc1)CC(=O)NC1CCSC1=O.Cn1cc[n+](C)c1N. The van der Waals surface area contributed by atoms with Gasteiger partial charge < -0.3 is 16.0 Å². The third-order valence-corrected chi connectivity index (χ3v) is 6.08. The van der Waals surface area contributed by atoms with Crippen molar-refractivity contribution < 1.29 is 14.2 Å². The highest BCUT2D eigenvalue weighted by Crippen LogP contribution is 2.19. The van der Waals surface area contributed by atoms with Crippen LogP contribution in [-0.2, 0) is 23.7 Å². The summed E-state index contributed by atoms with van der Waals surface area (Å²) in [5.74, 6) is 1.47. The van der Waals surface area contributed by atoms with Crippen molar-refractivity contribution in [3.05, 3.63) is 36.7 Å². The van der Waals surface area contributed by atoms with Crippen molar-refractivity contribution in [2.75, 3.05) is 55.8 Å². The lowest BCUT2D eigenvalue weighted by Gasteiger charge is -2.23. The lowest BCUT2D eigenvalue weighted by molar-refractivity contribution is -0.655. The van der Waals surface area contributed by atoms with Crippen molar-refractivity contribution in [3.8, 4) is 0 Å². The summed E-state index contributed by atoms with van der Waals surface area (Å²) in [6, 6.07) is 7.40. The molecule has 170 valence electrons. The van der Waals surface area contributed by atoms with Gasteiger partial charge >= 0.3 is 5.95 Å². The molecular weight excluding hydrogens is 414 g/mol. The fraction of sp³-hybridized carbons (Fsp3) is 0.476. The summed E-state index contributed by atoms with van der Waals surface area (Å²) in [6.45, 7) is 1.84. The van der Waals surface area contributed by atoms with Crippen LogP contribution in [0.4, 0.5) is 17.3 Å². The summed E-state index contributed by atoms with van der Waals surface area (Å²) < 4.78 is 3.72. The Bertz CT molecular complexity index is 850. The first-order valence-corrected chi connectivity index (χ1v) is 11.1. The van der Waals surface area contributed by atoms with Crippen LogP contribution in [0.5, 0.6) is 0 Å². The van der Waals surface area contributed by atoms with Crippen molar-refractivity contribution in [2.45, 2.75) is 12.5 Å². The number of aromatic nitrogens is 2. The topological polar surface area (TPSA) is 113 Å². The number of nitrogens with one attached hydrogen (secondary N) is 1. The van der Waals surface area contributed by atoms with Crippen LogP contribution in [0.3, 0.4) is 0 Å². The van der Waals surface area contributed by atoms with Gasteiger partial charge in [0.05, 0.1) is 39.1 Å². The van der Waals surface area contributed by atoms with Crippen LogP contribution in [0.2, 0.25) is 0 Å². The molecule has 0 aliphatic carbocycles. The third-order valence-electron chi connectivity index (χ3n) is 5.07. The number of hydrogen-bond donors (Lipinski definition) is 3. The van der Waals surface area contributed by atoms with Crippen LogP contribution >= 0.6 is 11.8 Å². The number of nitrogens with two attached hydrogens (primary N) is 2. The zero-order valence-corrected chi connectivity index (χ0v) is 19.6. The van der Waals surface area contributed by atoms with Crippen molar-refractivity contribution in [3.63, 3.8) is 0 Å².